The smallest absolute Gasteiger partial charge is 0.371 e. The lowest BCUT2D eigenvalue weighted by atomic mass is 9.94. The van der Waals surface area contributed by atoms with Gasteiger partial charge in [0.1, 0.15) is 5.69 Å². The topological polar surface area (TPSA) is 25.4 Å². The number of nitrogens with zero attached hydrogens (tertiary/aromatic N) is 4. The number of aromatic nitrogens is 2. The highest BCUT2D eigenvalue weighted by atomic mass is 19.4. The molecule has 0 spiro atoms. The summed E-state index contributed by atoms with van der Waals surface area (Å²) >= 11 is 0. The summed E-state index contributed by atoms with van der Waals surface area (Å²) < 4.78 is 56.9. The van der Waals surface area contributed by atoms with Gasteiger partial charge in [-0.3, -0.25) is 4.68 Å². The Labute approximate surface area is 214 Å². The van der Waals surface area contributed by atoms with Crippen LogP contribution >= 0.6 is 0 Å². The number of piperidine rings is 1. The highest BCUT2D eigenvalue weighted by molar-refractivity contribution is 5.75. The molecule has 5 rings (SSSR count). The first kappa shape index (κ1) is 25.1. The molecular formula is C29H28F4N4. The molecule has 1 aliphatic heterocycles. The van der Waals surface area contributed by atoms with Crippen molar-refractivity contribution in [2.45, 2.75) is 56.8 Å². The van der Waals surface area contributed by atoms with E-state index in [1.807, 2.05) is 19.1 Å². The molecule has 1 saturated carbocycles. The van der Waals surface area contributed by atoms with Crippen LogP contribution in [0.15, 0.2) is 54.6 Å². The molecule has 3 aromatic rings. The van der Waals surface area contributed by atoms with Gasteiger partial charge in [0.05, 0.1) is 12.0 Å². The maximum atomic E-state index is 15.0. The van der Waals surface area contributed by atoms with Crippen molar-refractivity contribution in [1.29, 1.82) is 0 Å². The van der Waals surface area contributed by atoms with E-state index in [0.717, 1.165) is 42.9 Å². The summed E-state index contributed by atoms with van der Waals surface area (Å²) in [6.45, 7) is 11.3. The van der Waals surface area contributed by atoms with E-state index in [2.05, 4.69) is 27.0 Å². The highest BCUT2D eigenvalue weighted by Gasteiger charge is 2.64. The van der Waals surface area contributed by atoms with Gasteiger partial charge in [-0.05, 0) is 60.7 Å². The van der Waals surface area contributed by atoms with E-state index in [0.29, 0.717) is 12.1 Å². The Hall–Kier alpha value is -3.60. The van der Waals surface area contributed by atoms with Crippen LogP contribution in [0.4, 0.5) is 23.2 Å². The third-order valence-electron chi connectivity index (χ3n) is 7.53. The third-order valence-corrected chi connectivity index (χ3v) is 7.53. The lowest BCUT2D eigenvalue weighted by Gasteiger charge is -2.29. The Balaban J connectivity index is 1.28. The van der Waals surface area contributed by atoms with Crippen LogP contribution in [0.25, 0.3) is 16.7 Å². The van der Waals surface area contributed by atoms with E-state index in [1.165, 1.54) is 30.3 Å². The molecule has 0 amide bonds. The SMILES string of the molecule is [C-]#[N+]C1CCN(c2cccc(Cn3nc(/C(F)=C/c4ccc(C5(C(F)(F)F)CC5)cc4)cc3C)c2)CC1. The average molecular weight is 509 g/mol. The summed E-state index contributed by atoms with van der Waals surface area (Å²) in [7, 11) is 0. The molecule has 2 fully saturated rings. The van der Waals surface area contributed by atoms with E-state index in [4.69, 9.17) is 6.57 Å². The molecule has 8 heteroatoms. The molecule has 1 aliphatic carbocycles. The zero-order valence-electron chi connectivity index (χ0n) is 20.6. The van der Waals surface area contributed by atoms with Gasteiger partial charge in [0.25, 0.3) is 0 Å². The van der Waals surface area contributed by atoms with E-state index in [1.54, 1.807) is 10.7 Å². The second-order valence-electron chi connectivity index (χ2n) is 10.0. The summed E-state index contributed by atoms with van der Waals surface area (Å²) in [6, 6.07) is 15.9. The normalized spacial score (nSPS) is 18.1. The Kier molecular flexibility index (Phi) is 6.57. The van der Waals surface area contributed by atoms with Crippen LogP contribution < -0.4 is 4.90 Å². The number of benzene rings is 2. The summed E-state index contributed by atoms with van der Waals surface area (Å²) in [5.74, 6) is -0.539. The molecular weight excluding hydrogens is 480 g/mol. The van der Waals surface area contributed by atoms with Crippen molar-refractivity contribution < 1.29 is 17.6 Å². The number of hydrogen-bond acceptors (Lipinski definition) is 2. The predicted octanol–water partition coefficient (Wildman–Crippen LogP) is 7.19. The molecule has 2 aromatic carbocycles. The van der Waals surface area contributed by atoms with Crippen LogP contribution in [0.3, 0.4) is 0 Å². The van der Waals surface area contributed by atoms with Gasteiger partial charge in [0.15, 0.2) is 5.83 Å². The summed E-state index contributed by atoms with van der Waals surface area (Å²) in [5, 5.41) is 4.44. The van der Waals surface area contributed by atoms with Gasteiger partial charge in [-0.1, -0.05) is 36.4 Å². The lowest BCUT2D eigenvalue weighted by molar-refractivity contribution is -0.160. The average Bonchev–Trinajstić information content (AvgIpc) is 3.64. The monoisotopic (exact) mass is 508 g/mol. The van der Waals surface area contributed by atoms with Crippen LogP contribution in [0.2, 0.25) is 0 Å². The largest absolute Gasteiger partial charge is 0.398 e. The molecule has 37 heavy (non-hydrogen) atoms. The highest BCUT2D eigenvalue weighted by Crippen LogP contribution is 2.58. The minimum absolute atomic E-state index is 0.0976. The van der Waals surface area contributed by atoms with Gasteiger partial charge >= 0.3 is 6.18 Å². The van der Waals surface area contributed by atoms with Crippen molar-refractivity contribution in [3.8, 4) is 0 Å². The molecule has 1 aromatic heterocycles. The maximum Gasteiger partial charge on any atom is 0.398 e. The van der Waals surface area contributed by atoms with E-state index >= 15 is 4.39 Å². The fourth-order valence-corrected chi connectivity index (χ4v) is 5.04. The van der Waals surface area contributed by atoms with Crippen LogP contribution in [0, 0.1) is 13.5 Å². The number of anilines is 1. The number of hydrogen-bond donors (Lipinski definition) is 0. The maximum absolute atomic E-state index is 15.0. The number of halogens is 4. The molecule has 0 bridgehead atoms. The molecule has 0 radical (unpaired) electrons. The molecule has 2 aliphatic rings. The molecule has 4 nitrogen and oxygen atoms in total. The summed E-state index contributed by atoms with van der Waals surface area (Å²) in [5.41, 5.74) is 2.12. The van der Waals surface area contributed by atoms with E-state index in [9.17, 15) is 13.2 Å². The van der Waals surface area contributed by atoms with Crippen molar-refractivity contribution in [2.75, 3.05) is 18.0 Å². The van der Waals surface area contributed by atoms with Crippen LogP contribution in [0.1, 0.15) is 53.8 Å². The van der Waals surface area contributed by atoms with Crippen LogP contribution in [0.5, 0.6) is 0 Å². The molecule has 192 valence electrons. The van der Waals surface area contributed by atoms with Gasteiger partial charge in [-0.25, -0.2) is 11.0 Å². The first-order chi connectivity index (χ1) is 17.7. The van der Waals surface area contributed by atoms with Crippen molar-refractivity contribution >= 4 is 17.6 Å². The first-order valence-corrected chi connectivity index (χ1v) is 12.5. The Morgan fingerprint density at radius 3 is 2.43 bits per heavy atom. The third kappa shape index (κ3) is 5.13. The van der Waals surface area contributed by atoms with Crippen molar-refractivity contribution in [1.82, 2.24) is 9.78 Å². The van der Waals surface area contributed by atoms with Crippen molar-refractivity contribution in [2.24, 2.45) is 0 Å². The molecule has 1 saturated heterocycles. The minimum Gasteiger partial charge on any atom is -0.371 e. The van der Waals surface area contributed by atoms with Gasteiger partial charge in [0, 0.05) is 37.3 Å². The molecule has 0 N–H and O–H groups in total. The molecule has 0 atom stereocenters. The van der Waals surface area contributed by atoms with Crippen LogP contribution in [-0.2, 0) is 12.0 Å². The molecule has 0 unspecified atom stereocenters. The minimum atomic E-state index is -4.27. The Morgan fingerprint density at radius 2 is 1.81 bits per heavy atom. The fourth-order valence-electron chi connectivity index (χ4n) is 5.04. The number of aryl methyl sites for hydroxylation is 1. The number of alkyl halides is 3. The van der Waals surface area contributed by atoms with Crippen LogP contribution in [-0.4, -0.2) is 35.1 Å². The fraction of sp³-hybridized carbons (Fsp3) is 0.379. The summed E-state index contributed by atoms with van der Waals surface area (Å²) in [6.07, 6.45) is -1.04. The van der Waals surface area contributed by atoms with Crippen molar-refractivity contribution in [3.63, 3.8) is 0 Å². The van der Waals surface area contributed by atoms with E-state index < -0.39 is 17.4 Å². The Bertz CT molecular complexity index is 1340. The summed E-state index contributed by atoms with van der Waals surface area (Å²) in [4.78, 5) is 5.95. The van der Waals surface area contributed by atoms with E-state index in [-0.39, 0.29) is 30.1 Å². The second-order valence-corrected chi connectivity index (χ2v) is 10.0. The second kappa shape index (κ2) is 9.70. The van der Waals surface area contributed by atoms with Gasteiger partial charge in [0.2, 0.25) is 6.04 Å². The molecule has 2 heterocycles. The van der Waals surface area contributed by atoms with Gasteiger partial charge in [-0.15, -0.1) is 0 Å². The predicted molar refractivity (Wildman–Crippen MR) is 137 cm³/mol. The zero-order chi connectivity index (χ0) is 26.2. The first-order valence-electron chi connectivity index (χ1n) is 12.5. The zero-order valence-corrected chi connectivity index (χ0v) is 20.6. The van der Waals surface area contributed by atoms with Gasteiger partial charge < -0.3 is 9.74 Å². The van der Waals surface area contributed by atoms with Crippen molar-refractivity contribution in [3.05, 3.63) is 94.1 Å². The Morgan fingerprint density at radius 1 is 1.11 bits per heavy atom. The standard InChI is InChI=1S/C29H28F4N4/c1-20-16-27(26(30)18-21-6-8-23(9-7-21)28(12-13-28)29(31,32)33)35-37(20)19-22-4-3-5-25(17-22)36-14-10-24(34-2)11-15-36/h3-9,16-18,24H,10-15,19H2,1H3/b26-18-. The quantitative estimate of drug-likeness (QED) is 0.260. The van der Waals surface area contributed by atoms with Gasteiger partial charge in [-0.2, -0.15) is 18.3 Å². The number of rotatable bonds is 6. The lowest BCUT2D eigenvalue weighted by Crippen LogP contribution is -2.34.